The van der Waals surface area contributed by atoms with Crippen molar-refractivity contribution >= 4 is 11.4 Å². The summed E-state index contributed by atoms with van der Waals surface area (Å²) in [7, 11) is 1.65. The van der Waals surface area contributed by atoms with Crippen molar-refractivity contribution in [3.05, 3.63) is 24.3 Å². The molecular weight excluding hydrogens is 308 g/mol. The molecule has 1 atom stereocenters. The Labute approximate surface area is 143 Å². The maximum atomic E-state index is 12.7. The Morgan fingerprint density at radius 1 is 1.00 bits per heavy atom. The summed E-state index contributed by atoms with van der Waals surface area (Å²) in [5.41, 5.74) is 0. The highest BCUT2D eigenvalue weighted by molar-refractivity contribution is 7.89. The van der Waals surface area contributed by atoms with Gasteiger partial charge in [-0.15, -0.1) is 4.31 Å². The van der Waals surface area contributed by atoms with Crippen LogP contribution >= 0.6 is 0 Å². The Morgan fingerprint density at radius 3 is 2.17 bits per heavy atom. The first-order valence-corrected chi connectivity index (χ1v) is 9.83. The van der Waals surface area contributed by atoms with Crippen molar-refractivity contribution in [2.45, 2.75) is 43.5 Å². The van der Waals surface area contributed by atoms with Crippen LogP contribution in [0.1, 0.15) is 32.6 Å². The van der Waals surface area contributed by atoms with E-state index in [0.717, 1.165) is 42.5 Å². The molecule has 0 bridgehead atoms. The zero-order valence-corrected chi connectivity index (χ0v) is 15.1. The zero-order chi connectivity index (χ0) is 16.2. The van der Waals surface area contributed by atoms with Gasteiger partial charge in [0.05, 0.1) is 18.5 Å². The molecule has 3 rings (SSSR count). The first kappa shape index (κ1) is 17.1. The molecule has 2 heterocycles. The van der Waals surface area contributed by atoms with Crippen LogP contribution in [0.25, 0.3) is 0 Å². The Morgan fingerprint density at radius 2 is 1.61 bits per heavy atom. The number of rotatable bonds is 4. The van der Waals surface area contributed by atoms with Crippen LogP contribution in [0.3, 0.4) is 0 Å². The molecule has 0 saturated carbocycles. The lowest BCUT2D eigenvalue weighted by atomic mass is 9.95. The third-order valence-electron chi connectivity index (χ3n) is 5.25. The highest BCUT2D eigenvalue weighted by Crippen LogP contribution is 2.27. The molecule has 0 radical (unpaired) electrons. The van der Waals surface area contributed by atoms with Gasteiger partial charge in [-0.05, 0) is 69.0 Å². The average Bonchev–Trinajstić information content (AvgIpc) is 2.62. The monoisotopic (exact) mass is 336 g/mol. The molecule has 0 amide bonds. The van der Waals surface area contributed by atoms with Gasteiger partial charge in [-0.1, -0.05) is 6.92 Å². The number of ether oxygens (including phenoxy) is 1. The number of nitrogens with zero attached hydrogens (tertiary/aromatic N) is 2. The van der Waals surface area contributed by atoms with Crippen molar-refractivity contribution in [2.24, 2.45) is 5.92 Å². The van der Waals surface area contributed by atoms with Gasteiger partial charge >= 0.3 is 0 Å². The summed E-state index contributed by atoms with van der Waals surface area (Å²) in [6, 6.07) is 8.27. The molecule has 2 aliphatic rings. The molecule has 2 saturated heterocycles. The van der Waals surface area contributed by atoms with E-state index >= 15 is 0 Å². The van der Waals surface area contributed by atoms with Gasteiger partial charge in [0.25, 0.3) is 0 Å². The van der Waals surface area contributed by atoms with E-state index in [4.69, 9.17) is 4.74 Å². The van der Waals surface area contributed by atoms with Gasteiger partial charge in [0.2, 0.25) is 0 Å². The number of piperidine rings is 2. The van der Waals surface area contributed by atoms with Crippen LogP contribution in [0, 0.1) is 5.92 Å². The van der Waals surface area contributed by atoms with Crippen molar-refractivity contribution in [3.63, 3.8) is 0 Å². The number of benzene rings is 1. The Bertz CT molecular complexity index is 480. The predicted octanol–water partition coefficient (Wildman–Crippen LogP) is 2.91. The number of methoxy groups -OCH3 is 1. The fraction of sp³-hybridized carbons (Fsp3) is 0.667. The predicted molar refractivity (Wildman–Crippen MR) is 94.0 cm³/mol. The standard InChI is InChI=1S/C18H28N2O2S/c1-15-7-11-19(12-8-15)16-9-13-20(14-10-16)23(21)18-5-3-17(22-2)4-6-18/h3-6,15-16H,7-14H2,1-2H3. The quantitative estimate of drug-likeness (QED) is 0.793. The van der Waals surface area contributed by atoms with Crippen LogP contribution in [0.5, 0.6) is 5.75 Å². The molecule has 0 aromatic heterocycles. The van der Waals surface area contributed by atoms with Gasteiger partial charge in [-0.2, -0.15) is 0 Å². The molecule has 0 spiro atoms. The van der Waals surface area contributed by atoms with Gasteiger partial charge in [-0.25, -0.2) is 0 Å². The summed E-state index contributed by atoms with van der Waals surface area (Å²) in [4.78, 5) is 3.53. The first-order valence-electron chi connectivity index (χ1n) is 8.72. The molecule has 2 fully saturated rings. The maximum Gasteiger partial charge on any atom is 0.174 e. The Hall–Kier alpha value is -0.750. The van der Waals surface area contributed by atoms with Gasteiger partial charge in [0.1, 0.15) is 5.75 Å². The minimum absolute atomic E-state index is 0.687. The van der Waals surface area contributed by atoms with Gasteiger partial charge < -0.3 is 14.2 Å². The summed E-state index contributed by atoms with van der Waals surface area (Å²) >= 11 is -1.05. The second-order valence-electron chi connectivity index (χ2n) is 6.80. The molecule has 5 heteroatoms. The number of hydrogen-bond donors (Lipinski definition) is 0. The summed E-state index contributed by atoms with van der Waals surface area (Å²) in [5.74, 6) is 1.69. The molecule has 1 aromatic carbocycles. The second kappa shape index (κ2) is 7.88. The van der Waals surface area contributed by atoms with E-state index < -0.39 is 11.4 Å². The molecular formula is C18H28N2O2S. The molecule has 128 valence electrons. The van der Waals surface area contributed by atoms with Gasteiger partial charge in [0.15, 0.2) is 4.90 Å². The van der Waals surface area contributed by atoms with Crippen LogP contribution in [-0.4, -0.2) is 53.1 Å². The summed E-state index contributed by atoms with van der Waals surface area (Å²) in [5, 5.41) is 0. The van der Waals surface area contributed by atoms with E-state index in [1.165, 1.54) is 25.9 Å². The lowest BCUT2D eigenvalue weighted by molar-refractivity contribution is 0.101. The molecule has 0 N–H and O–H groups in total. The third-order valence-corrected chi connectivity index (χ3v) is 6.76. The van der Waals surface area contributed by atoms with E-state index in [9.17, 15) is 4.55 Å². The molecule has 4 nitrogen and oxygen atoms in total. The first-order chi connectivity index (χ1) is 11.2. The van der Waals surface area contributed by atoms with Gasteiger partial charge in [-0.3, -0.25) is 0 Å². The van der Waals surface area contributed by atoms with Crippen LogP contribution in [0.2, 0.25) is 0 Å². The summed E-state index contributed by atoms with van der Waals surface area (Å²) < 4.78 is 20.0. The number of hydrogen-bond acceptors (Lipinski definition) is 4. The summed E-state index contributed by atoms with van der Waals surface area (Å²) in [6.45, 7) is 6.70. The van der Waals surface area contributed by atoms with E-state index in [1.54, 1.807) is 7.11 Å². The highest BCUT2D eigenvalue weighted by atomic mass is 32.2. The smallest absolute Gasteiger partial charge is 0.174 e. The van der Waals surface area contributed by atoms with Crippen molar-refractivity contribution in [3.8, 4) is 5.75 Å². The fourth-order valence-corrected chi connectivity index (χ4v) is 4.82. The van der Waals surface area contributed by atoms with E-state index in [1.807, 2.05) is 24.3 Å². The lowest BCUT2D eigenvalue weighted by Crippen LogP contribution is -2.48. The van der Waals surface area contributed by atoms with Crippen LogP contribution in [-0.2, 0) is 11.4 Å². The van der Waals surface area contributed by atoms with Crippen LogP contribution in [0.4, 0.5) is 0 Å². The van der Waals surface area contributed by atoms with Crippen LogP contribution < -0.4 is 4.74 Å². The topological polar surface area (TPSA) is 38.8 Å². The lowest BCUT2D eigenvalue weighted by Gasteiger charge is -2.40. The number of likely N-dealkylation sites (tertiary alicyclic amines) is 1. The fourth-order valence-electron chi connectivity index (χ4n) is 3.61. The van der Waals surface area contributed by atoms with Crippen LogP contribution in [0.15, 0.2) is 29.2 Å². The largest absolute Gasteiger partial charge is 0.593 e. The van der Waals surface area contributed by atoms with E-state index in [0.29, 0.717) is 6.04 Å². The molecule has 2 aliphatic heterocycles. The van der Waals surface area contributed by atoms with Crippen molar-refractivity contribution in [1.82, 2.24) is 9.21 Å². The molecule has 23 heavy (non-hydrogen) atoms. The zero-order valence-electron chi connectivity index (χ0n) is 14.2. The second-order valence-corrected chi connectivity index (χ2v) is 8.29. The minimum atomic E-state index is -1.05. The SMILES string of the molecule is COc1ccc([S+]([O-])N2CCC(N3CCC(C)CC3)CC2)cc1. The average molecular weight is 337 g/mol. The Kier molecular flexibility index (Phi) is 5.85. The molecule has 1 unspecified atom stereocenters. The van der Waals surface area contributed by atoms with Crippen molar-refractivity contribution in [2.75, 3.05) is 33.3 Å². The van der Waals surface area contributed by atoms with E-state index in [-0.39, 0.29) is 0 Å². The third kappa shape index (κ3) is 4.21. The minimum Gasteiger partial charge on any atom is -0.593 e. The van der Waals surface area contributed by atoms with Gasteiger partial charge in [0, 0.05) is 19.1 Å². The molecule has 1 aromatic rings. The summed E-state index contributed by atoms with van der Waals surface area (Å²) in [6.07, 6.45) is 4.93. The van der Waals surface area contributed by atoms with Crippen molar-refractivity contribution < 1.29 is 9.29 Å². The molecule has 0 aliphatic carbocycles. The normalized spacial score (nSPS) is 23.8. The Balaban J connectivity index is 1.51. The maximum absolute atomic E-state index is 12.7. The highest BCUT2D eigenvalue weighted by Gasteiger charge is 2.32. The van der Waals surface area contributed by atoms with E-state index in [2.05, 4.69) is 16.1 Å². The van der Waals surface area contributed by atoms with Crippen molar-refractivity contribution in [1.29, 1.82) is 0 Å².